The van der Waals surface area contributed by atoms with Crippen LogP contribution in [-0.4, -0.2) is 7.11 Å². The molecule has 6 heteroatoms. The number of alkyl halides is 1. The van der Waals surface area contributed by atoms with Gasteiger partial charge in [-0.1, -0.05) is 33.6 Å². The molecule has 0 radical (unpaired) electrons. The lowest BCUT2D eigenvalue weighted by atomic mass is 10.0. The maximum Gasteiger partial charge on any atom is 0.141 e. The van der Waals surface area contributed by atoms with Gasteiger partial charge in [-0.3, -0.25) is 0 Å². The van der Waals surface area contributed by atoms with Gasteiger partial charge in [-0.05, 0) is 34.1 Å². The van der Waals surface area contributed by atoms with Gasteiger partial charge < -0.3 is 4.74 Å². The van der Waals surface area contributed by atoms with Crippen LogP contribution in [-0.2, 0) is 0 Å². The predicted molar refractivity (Wildman–Crippen MR) is 82.8 cm³/mol. The zero-order chi connectivity index (χ0) is 14.9. The molecule has 0 heterocycles. The Morgan fingerprint density at radius 2 is 1.90 bits per heavy atom. The average Bonchev–Trinajstić information content (AvgIpc) is 2.41. The van der Waals surface area contributed by atoms with Crippen molar-refractivity contribution in [3.05, 3.63) is 62.6 Å². The second-order valence-corrected chi connectivity index (χ2v) is 6.18. The molecule has 1 atom stereocenters. The summed E-state index contributed by atoms with van der Waals surface area (Å²) in [5.74, 6) is -0.585. The summed E-state index contributed by atoms with van der Waals surface area (Å²) in [4.78, 5) is -0.553. The van der Waals surface area contributed by atoms with Gasteiger partial charge in [-0.15, -0.1) is 0 Å². The molecule has 0 amide bonds. The number of halogens is 5. The van der Waals surface area contributed by atoms with Crippen molar-refractivity contribution < 1.29 is 13.5 Å². The van der Waals surface area contributed by atoms with Gasteiger partial charge in [-0.25, -0.2) is 8.78 Å². The quantitative estimate of drug-likeness (QED) is 0.558. The van der Waals surface area contributed by atoms with Crippen LogP contribution in [0.25, 0.3) is 0 Å². The van der Waals surface area contributed by atoms with Gasteiger partial charge in [0.05, 0.1) is 16.4 Å². The Balaban J connectivity index is 2.59. The van der Waals surface area contributed by atoms with Crippen LogP contribution in [0, 0.1) is 11.6 Å². The average molecular weight is 426 g/mol. The largest absolute Gasteiger partial charge is 0.496 e. The van der Waals surface area contributed by atoms with Gasteiger partial charge in [0.2, 0.25) is 0 Å². The van der Waals surface area contributed by atoms with Crippen molar-refractivity contribution in [2.45, 2.75) is 4.83 Å². The van der Waals surface area contributed by atoms with Gasteiger partial charge in [0.25, 0.3) is 0 Å². The number of hydrogen-bond donors (Lipinski definition) is 0. The lowest BCUT2D eigenvalue weighted by Gasteiger charge is -2.17. The molecule has 2 aromatic rings. The maximum absolute atomic E-state index is 14.0. The van der Waals surface area contributed by atoms with E-state index in [1.165, 1.54) is 31.4 Å². The Hall–Kier alpha value is -0.650. The van der Waals surface area contributed by atoms with E-state index in [4.69, 9.17) is 16.3 Å². The normalized spacial score (nSPS) is 12.3. The van der Waals surface area contributed by atoms with Crippen molar-refractivity contribution in [2.75, 3.05) is 7.11 Å². The van der Waals surface area contributed by atoms with E-state index in [1.807, 2.05) is 0 Å². The SMILES string of the molecule is COc1cc(F)c(Br)cc1C(Br)c1c(F)cccc1Cl. The summed E-state index contributed by atoms with van der Waals surface area (Å²) in [6, 6.07) is 7.22. The van der Waals surface area contributed by atoms with E-state index in [1.54, 1.807) is 6.07 Å². The van der Waals surface area contributed by atoms with Crippen molar-refractivity contribution in [1.29, 1.82) is 0 Å². The Bertz CT molecular complexity index is 629. The molecule has 0 saturated carbocycles. The Morgan fingerprint density at radius 1 is 1.20 bits per heavy atom. The van der Waals surface area contributed by atoms with Crippen LogP contribution < -0.4 is 4.74 Å². The van der Waals surface area contributed by atoms with Crippen LogP contribution in [0.1, 0.15) is 16.0 Å². The van der Waals surface area contributed by atoms with Gasteiger partial charge >= 0.3 is 0 Å². The summed E-state index contributed by atoms with van der Waals surface area (Å²) >= 11 is 12.6. The minimum atomic E-state index is -0.553. The molecule has 0 aliphatic rings. The Labute approximate surface area is 137 Å². The zero-order valence-electron chi connectivity index (χ0n) is 10.3. The van der Waals surface area contributed by atoms with Crippen molar-refractivity contribution in [1.82, 2.24) is 0 Å². The highest BCUT2D eigenvalue weighted by Crippen LogP contribution is 2.42. The van der Waals surface area contributed by atoms with E-state index in [9.17, 15) is 8.78 Å². The smallest absolute Gasteiger partial charge is 0.141 e. The molecule has 0 saturated heterocycles. The topological polar surface area (TPSA) is 9.23 Å². The first kappa shape index (κ1) is 15.7. The van der Waals surface area contributed by atoms with Crippen molar-refractivity contribution in [3.8, 4) is 5.75 Å². The molecule has 0 spiro atoms. The van der Waals surface area contributed by atoms with E-state index in [-0.39, 0.29) is 15.1 Å². The standard InChI is InChI=1S/C14H9Br2ClF2O/c1-20-12-6-11(19)8(15)5-7(12)14(16)13-9(17)3-2-4-10(13)18/h2-6,14H,1H3. The van der Waals surface area contributed by atoms with E-state index in [0.717, 1.165) is 0 Å². The zero-order valence-corrected chi connectivity index (χ0v) is 14.2. The van der Waals surface area contributed by atoms with Crippen LogP contribution in [0.4, 0.5) is 8.78 Å². The third-order valence-corrected chi connectivity index (χ3v) is 4.69. The van der Waals surface area contributed by atoms with Crippen molar-refractivity contribution >= 4 is 43.5 Å². The van der Waals surface area contributed by atoms with Crippen LogP contribution in [0.2, 0.25) is 5.02 Å². The molecule has 0 bridgehead atoms. The third kappa shape index (κ3) is 3.00. The molecular weight excluding hydrogens is 417 g/mol. The molecule has 106 valence electrons. The van der Waals surface area contributed by atoms with E-state index in [2.05, 4.69) is 31.9 Å². The molecule has 20 heavy (non-hydrogen) atoms. The van der Waals surface area contributed by atoms with E-state index >= 15 is 0 Å². The monoisotopic (exact) mass is 424 g/mol. The van der Waals surface area contributed by atoms with Crippen LogP contribution in [0.15, 0.2) is 34.8 Å². The highest BCUT2D eigenvalue weighted by Gasteiger charge is 2.22. The number of benzene rings is 2. The van der Waals surface area contributed by atoms with Crippen LogP contribution in [0.5, 0.6) is 5.75 Å². The highest BCUT2D eigenvalue weighted by atomic mass is 79.9. The van der Waals surface area contributed by atoms with Crippen molar-refractivity contribution in [2.24, 2.45) is 0 Å². The lowest BCUT2D eigenvalue weighted by Crippen LogP contribution is -2.01. The molecule has 0 N–H and O–H groups in total. The van der Waals surface area contributed by atoms with Crippen molar-refractivity contribution in [3.63, 3.8) is 0 Å². The van der Waals surface area contributed by atoms with Gasteiger partial charge in [0.15, 0.2) is 0 Å². The van der Waals surface area contributed by atoms with Gasteiger partial charge in [0.1, 0.15) is 17.4 Å². The number of hydrogen-bond acceptors (Lipinski definition) is 1. The van der Waals surface area contributed by atoms with Gasteiger partial charge in [-0.2, -0.15) is 0 Å². The second-order valence-electron chi connectivity index (χ2n) is 4.01. The summed E-state index contributed by atoms with van der Waals surface area (Å²) in [6.07, 6.45) is 0. The first-order valence-corrected chi connectivity index (χ1v) is 7.65. The number of methoxy groups -OCH3 is 1. The van der Waals surface area contributed by atoms with Crippen LogP contribution in [0.3, 0.4) is 0 Å². The summed E-state index contributed by atoms with van der Waals surface area (Å²) in [5, 5.41) is 0.286. The van der Waals surface area contributed by atoms with Crippen LogP contribution >= 0.6 is 43.5 Å². The summed E-state index contributed by atoms with van der Waals surface area (Å²) in [6.45, 7) is 0. The van der Waals surface area contributed by atoms with E-state index in [0.29, 0.717) is 11.3 Å². The maximum atomic E-state index is 14.0. The summed E-state index contributed by atoms with van der Waals surface area (Å²) < 4.78 is 32.9. The first-order valence-electron chi connectivity index (χ1n) is 5.56. The number of ether oxygens (including phenoxy) is 1. The summed E-state index contributed by atoms with van der Waals surface area (Å²) in [7, 11) is 1.43. The molecular formula is C14H9Br2ClF2O. The summed E-state index contributed by atoms with van der Waals surface area (Å²) in [5.41, 5.74) is 0.860. The van der Waals surface area contributed by atoms with Gasteiger partial charge in [0, 0.05) is 22.2 Å². The minimum absolute atomic E-state index is 0.269. The minimum Gasteiger partial charge on any atom is -0.496 e. The molecule has 0 aromatic heterocycles. The first-order chi connectivity index (χ1) is 9.45. The number of rotatable bonds is 3. The molecule has 0 aliphatic heterocycles. The second kappa shape index (κ2) is 6.41. The predicted octanol–water partition coefficient (Wildman–Crippen LogP) is 5.87. The fraction of sp³-hybridized carbons (Fsp3) is 0.143. The Kier molecular flexibility index (Phi) is 5.04. The fourth-order valence-electron chi connectivity index (χ4n) is 1.83. The molecule has 0 aliphatic carbocycles. The Morgan fingerprint density at radius 3 is 2.50 bits per heavy atom. The molecule has 2 aromatic carbocycles. The lowest BCUT2D eigenvalue weighted by molar-refractivity contribution is 0.406. The highest BCUT2D eigenvalue weighted by molar-refractivity contribution is 9.10. The molecule has 1 nitrogen and oxygen atoms in total. The van der Waals surface area contributed by atoms with E-state index < -0.39 is 16.5 Å². The fourth-order valence-corrected chi connectivity index (χ4v) is 3.42. The molecule has 1 unspecified atom stereocenters. The molecule has 0 fully saturated rings. The third-order valence-electron chi connectivity index (χ3n) is 2.80. The molecule has 2 rings (SSSR count).